The minimum absolute atomic E-state index is 0.135. The van der Waals surface area contributed by atoms with Gasteiger partial charge in [0.1, 0.15) is 0 Å². The third-order valence-electron chi connectivity index (χ3n) is 2.99. The van der Waals surface area contributed by atoms with E-state index in [0.717, 1.165) is 23.4 Å². The molecule has 0 aliphatic heterocycles. The molecule has 0 heterocycles. The summed E-state index contributed by atoms with van der Waals surface area (Å²) in [7, 11) is 0. The molecule has 0 aliphatic carbocycles. The van der Waals surface area contributed by atoms with Crippen LogP contribution in [0.25, 0.3) is 0 Å². The molecule has 0 fully saturated rings. The maximum absolute atomic E-state index is 10.6. The Labute approximate surface area is 122 Å². The fourth-order valence-electron chi connectivity index (χ4n) is 1.90. The fraction of sp³-hybridized carbons (Fsp3) is 0.200. The van der Waals surface area contributed by atoms with Gasteiger partial charge in [-0.25, -0.2) is 0 Å². The highest BCUT2D eigenvalue weighted by Crippen LogP contribution is 2.25. The Kier molecular flexibility index (Phi) is 4.63. The van der Waals surface area contributed by atoms with Crippen molar-refractivity contribution >= 4 is 23.1 Å². The van der Waals surface area contributed by atoms with E-state index in [0.29, 0.717) is 0 Å². The summed E-state index contributed by atoms with van der Waals surface area (Å²) in [5.41, 5.74) is 8.92. The van der Waals surface area contributed by atoms with Crippen LogP contribution in [0.1, 0.15) is 11.1 Å². The van der Waals surface area contributed by atoms with E-state index < -0.39 is 0 Å². The number of nitro benzene ring substituents is 1. The summed E-state index contributed by atoms with van der Waals surface area (Å²) in [6.45, 7) is 2.05. The van der Waals surface area contributed by atoms with Crippen LogP contribution in [-0.2, 0) is 6.42 Å². The van der Waals surface area contributed by atoms with Gasteiger partial charge in [0.15, 0.2) is 0 Å². The van der Waals surface area contributed by atoms with Crippen molar-refractivity contribution in [2.45, 2.75) is 18.2 Å². The zero-order valence-electron chi connectivity index (χ0n) is 11.2. The lowest BCUT2D eigenvalue weighted by Gasteiger charge is -2.06. The van der Waals surface area contributed by atoms with Crippen molar-refractivity contribution in [3.05, 3.63) is 63.7 Å². The Morgan fingerprint density at radius 3 is 2.50 bits per heavy atom. The molecule has 0 saturated carbocycles. The summed E-state index contributed by atoms with van der Waals surface area (Å²) in [6, 6.07) is 12.6. The van der Waals surface area contributed by atoms with Crippen LogP contribution in [0.4, 0.5) is 11.4 Å². The van der Waals surface area contributed by atoms with Crippen LogP contribution in [0.5, 0.6) is 0 Å². The second kappa shape index (κ2) is 6.43. The van der Waals surface area contributed by atoms with Gasteiger partial charge in [-0.2, -0.15) is 0 Å². The molecule has 0 amide bonds. The van der Waals surface area contributed by atoms with Crippen LogP contribution in [0.2, 0.25) is 0 Å². The van der Waals surface area contributed by atoms with Crippen LogP contribution in [0, 0.1) is 17.0 Å². The lowest BCUT2D eigenvalue weighted by Crippen LogP contribution is -1.92. The number of nitrogens with two attached hydrogens (primary N) is 1. The van der Waals surface area contributed by atoms with Crippen LogP contribution in [0.15, 0.2) is 47.4 Å². The van der Waals surface area contributed by atoms with Gasteiger partial charge in [0.25, 0.3) is 5.69 Å². The van der Waals surface area contributed by atoms with Gasteiger partial charge in [-0.3, -0.25) is 10.1 Å². The van der Waals surface area contributed by atoms with Crippen molar-refractivity contribution in [3.8, 4) is 0 Å². The third kappa shape index (κ3) is 3.74. The molecule has 0 atom stereocenters. The van der Waals surface area contributed by atoms with E-state index in [1.165, 1.54) is 10.5 Å². The molecule has 0 bridgehead atoms. The number of thioether (sulfide) groups is 1. The molecule has 4 nitrogen and oxygen atoms in total. The summed E-state index contributed by atoms with van der Waals surface area (Å²) < 4.78 is 0. The second-order valence-corrected chi connectivity index (χ2v) is 5.68. The number of benzene rings is 2. The largest absolute Gasteiger partial charge is 0.399 e. The van der Waals surface area contributed by atoms with Gasteiger partial charge in [0.05, 0.1) is 4.92 Å². The molecule has 2 aromatic carbocycles. The predicted molar refractivity (Wildman–Crippen MR) is 83.1 cm³/mol. The number of aryl methyl sites for hydroxylation is 2. The van der Waals surface area contributed by atoms with E-state index in [2.05, 4.69) is 0 Å². The molecular formula is C15H16N2O2S. The number of nitrogens with zero attached hydrogens (tertiary/aromatic N) is 1. The molecule has 20 heavy (non-hydrogen) atoms. The van der Waals surface area contributed by atoms with Gasteiger partial charge in [0, 0.05) is 28.5 Å². The van der Waals surface area contributed by atoms with Crippen molar-refractivity contribution in [1.82, 2.24) is 0 Å². The molecule has 104 valence electrons. The highest BCUT2D eigenvalue weighted by molar-refractivity contribution is 7.99. The lowest BCUT2D eigenvalue weighted by molar-refractivity contribution is -0.384. The van der Waals surface area contributed by atoms with Gasteiger partial charge in [-0.05, 0) is 42.7 Å². The SMILES string of the molecule is Cc1cc(N)ccc1SCCc1ccc([N+](=O)[O-])cc1. The smallest absolute Gasteiger partial charge is 0.269 e. The Morgan fingerprint density at radius 2 is 1.90 bits per heavy atom. The predicted octanol–water partition coefficient (Wildman–Crippen LogP) is 3.82. The van der Waals surface area contributed by atoms with Crippen LogP contribution >= 0.6 is 11.8 Å². The van der Waals surface area contributed by atoms with Gasteiger partial charge < -0.3 is 5.73 Å². The molecule has 2 aromatic rings. The van der Waals surface area contributed by atoms with E-state index >= 15 is 0 Å². The summed E-state index contributed by atoms with van der Waals surface area (Å²) >= 11 is 1.77. The Hall–Kier alpha value is -2.01. The van der Waals surface area contributed by atoms with Crippen molar-refractivity contribution in [1.29, 1.82) is 0 Å². The van der Waals surface area contributed by atoms with Crippen molar-refractivity contribution in [2.24, 2.45) is 0 Å². The number of nitrogen functional groups attached to an aromatic ring is 1. The Morgan fingerprint density at radius 1 is 1.20 bits per heavy atom. The highest BCUT2D eigenvalue weighted by Gasteiger charge is 2.04. The summed E-state index contributed by atoms with van der Waals surface area (Å²) in [5.74, 6) is 0.933. The zero-order valence-corrected chi connectivity index (χ0v) is 12.0. The lowest BCUT2D eigenvalue weighted by atomic mass is 10.1. The highest BCUT2D eigenvalue weighted by atomic mass is 32.2. The number of rotatable bonds is 5. The van der Waals surface area contributed by atoms with Gasteiger partial charge in [-0.15, -0.1) is 11.8 Å². The first-order valence-corrected chi connectivity index (χ1v) is 7.27. The molecule has 0 saturated heterocycles. The third-order valence-corrected chi connectivity index (χ3v) is 4.17. The maximum Gasteiger partial charge on any atom is 0.269 e. The van der Waals surface area contributed by atoms with Crippen LogP contribution in [0.3, 0.4) is 0 Å². The summed E-state index contributed by atoms with van der Waals surface area (Å²) in [6.07, 6.45) is 0.881. The standard InChI is InChI=1S/C15H16N2O2S/c1-11-10-13(16)4-7-15(11)20-9-8-12-2-5-14(6-3-12)17(18)19/h2-7,10H,8-9,16H2,1H3. The summed E-state index contributed by atoms with van der Waals surface area (Å²) in [5, 5.41) is 10.6. The maximum atomic E-state index is 10.6. The van der Waals surface area contributed by atoms with Gasteiger partial charge in [-0.1, -0.05) is 12.1 Å². The average Bonchev–Trinajstić information content (AvgIpc) is 2.42. The minimum Gasteiger partial charge on any atom is -0.399 e. The molecule has 2 rings (SSSR count). The van der Waals surface area contributed by atoms with Crippen molar-refractivity contribution in [2.75, 3.05) is 11.5 Å². The minimum atomic E-state index is -0.379. The number of anilines is 1. The topological polar surface area (TPSA) is 69.2 Å². The molecular weight excluding hydrogens is 272 g/mol. The zero-order chi connectivity index (χ0) is 14.5. The van der Waals surface area contributed by atoms with Crippen molar-refractivity contribution in [3.63, 3.8) is 0 Å². The van der Waals surface area contributed by atoms with E-state index in [4.69, 9.17) is 5.73 Å². The molecule has 0 aliphatic rings. The molecule has 0 unspecified atom stereocenters. The average molecular weight is 288 g/mol. The quantitative estimate of drug-likeness (QED) is 0.393. The first-order chi connectivity index (χ1) is 9.56. The summed E-state index contributed by atoms with van der Waals surface area (Å²) in [4.78, 5) is 11.4. The Balaban J connectivity index is 1.91. The number of non-ortho nitro benzene ring substituents is 1. The number of nitro groups is 1. The molecule has 0 radical (unpaired) electrons. The molecule has 0 aromatic heterocycles. The first kappa shape index (κ1) is 14.4. The molecule has 2 N–H and O–H groups in total. The second-order valence-electron chi connectivity index (χ2n) is 4.55. The number of hydrogen-bond donors (Lipinski definition) is 1. The van der Waals surface area contributed by atoms with Gasteiger partial charge >= 0.3 is 0 Å². The van der Waals surface area contributed by atoms with E-state index in [9.17, 15) is 10.1 Å². The Bertz CT molecular complexity index is 612. The molecule has 5 heteroatoms. The fourth-order valence-corrected chi connectivity index (χ4v) is 2.91. The van der Waals surface area contributed by atoms with E-state index in [-0.39, 0.29) is 10.6 Å². The van der Waals surface area contributed by atoms with Crippen LogP contribution < -0.4 is 5.73 Å². The monoisotopic (exact) mass is 288 g/mol. The van der Waals surface area contributed by atoms with Crippen molar-refractivity contribution < 1.29 is 4.92 Å². The normalized spacial score (nSPS) is 10.4. The number of hydrogen-bond acceptors (Lipinski definition) is 4. The van der Waals surface area contributed by atoms with E-state index in [1.54, 1.807) is 23.9 Å². The molecule has 0 spiro atoms. The first-order valence-electron chi connectivity index (χ1n) is 6.28. The van der Waals surface area contributed by atoms with Gasteiger partial charge in [0.2, 0.25) is 0 Å². The van der Waals surface area contributed by atoms with Crippen LogP contribution in [-0.4, -0.2) is 10.7 Å². The van der Waals surface area contributed by atoms with E-state index in [1.807, 2.05) is 37.3 Å².